The van der Waals surface area contributed by atoms with Crippen LogP contribution in [0.15, 0.2) is 66.9 Å². The molecule has 3 atom stereocenters. The molecule has 4 aromatic rings. The van der Waals surface area contributed by atoms with E-state index in [1.165, 1.54) is 5.56 Å². The van der Waals surface area contributed by atoms with Gasteiger partial charge in [0.05, 0.1) is 22.2 Å². The van der Waals surface area contributed by atoms with E-state index in [0.29, 0.717) is 38.2 Å². The summed E-state index contributed by atoms with van der Waals surface area (Å²) in [4.78, 5) is 76.7. The number of imide groups is 2. The summed E-state index contributed by atoms with van der Waals surface area (Å²) in [6.45, 7) is 4.01. The molecule has 1 aromatic heterocycles. The highest BCUT2D eigenvalue weighted by Gasteiger charge is 2.47. The van der Waals surface area contributed by atoms with Crippen LogP contribution in [0.25, 0.3) is 10.9 Å². The van der Waals surface area contributed by atoms with Gasteiger partial charge in [0.1, 0.15) is 6.04 Å². The van der Waals surface area contributed by atoms with Crippen molar-refractivity contribution in [2.75, 3.05) is 42.9 Å². The number of benzene rings is 3. The van der Waals surface area contributed by atoms with Crippen LogP contribution in [0.3, 0.4) is 0 Å². The lowest BCUT2D eigenvalue weighted by atomic mass is 9.71. The number of carbonyl (C=O) groups is 5. The van der Waals surface area contributed by atoms with Crippen molar-refractivity contribution in [3.05, 3.63) is 94.7 Å². The third-order valence-electron chi connectivity index (χ3n) is 12.2. The SMILES string of the molecule is NC(=O)NC1CCC(Nc2ncc3ccccc3n2)(c2cccc(C3CNC3c3ccc4c(c3)C(=O)N(C3CCC(=O)NC3=O)C4=O)c2N2CCNCC2)CC1. The average Bonchev–Trinajstić information content (AvgIpc) is 3.43. The number of amides is 6. The molecule has 3 saturated heterocycles. The van der Waals surface area contributed by atoms with Crippen molar-refractivity contribution in [2.45, 2.75) is 68.1 Å². The first-order chi connectivity index (χ1) is 27.2. The van der Waals surface area contributed by atoms with Gasteiger partial charge in [-0.3, -0.25) is 29.4 Å². The number of urea groups is 1. The Bertz CT molecular complexity index is 2270. The molecule has 1 aliphatic carbocycles. The van der Waals surface area contributed by atoms with Gasteiger partial charge in [-0.2, -0.15) is 0 Å². The molecule has 288 valence electrons. The van der Waals surface area contributed by atoms with E-state index >= 15 is 0 Å². The average molecular weight is 757 g/mol. The van der Waals surface area contributed by atoms with Gasteiger partial charge in [0.2, 0.25) is 17.8 Å². The number of piperazine rings is 1. The third-order valence-corrected chi connectivity index (χ3v) is 12.2. The number of nitrogens with zero attached hydrogens (tertiary/aromatic N) is 4. The van der Waals surface area contributed by atoms with Crippen molar-refractivity contribution in [1.29, 1.82) is 0 Å². The second kappa shape index (κ2) is 14.3. The quantitative estimate of drug-likeness (QED) is 0.144. The maximum atomic E-state index is 13.7. The van der Waals surface area contributed by atoms with Gasteiger partial charge in [-0.15, -0.1) is 0 Å². The molecule has 9 rings (SSSR count). The zero-order chi connectivity index (χ0) is 38.6. The number of fused-ring (bicyclic) bond motifs is 2. The molecule has 0 radical (unpaired) electrons. The summed E-state index contributed by atoms with van der Waals surface area (Å²) in [5.41, 5.74) is 10.7. The fourth-order valence-electron chi connectivity index (χ4n) is 9.33. The number of nitrogens with two attached hydrogens (primary N) is 1. The van der Waals surface area contributed by atoms with E-state index in [0.717, 1.165) is 58.8 Å². The molecule has 4 fully saturated rings. The van der Waals surface area contributed by atoms with Gasteiger partial charge >= 0.3 is 6.03 Å². The summed E-state index contributed by atoms with van der Waals surface area (Å²) in [7, 11) is 0. The number of carbonyl (C=O) groups excluding carboxylic acids is 5. The van der Waals surface area contributed by atoms with Crippen molar-refractivity contribution in [3.8, 4) is 0 Å². The summed E-state index contributed by atoms with van der Waals surface area (Å²) in [5.74, 6) is -1.51. The lowest BCUT2D eigenvalue weighted by molar-refractivity contribution is -0.136. The Balaban J connectivity index is 1.08. The first kappa shape index (κ1) is 35.8. The van der Waals surface area contributed by atoms with Gasteiger partial charge in [-0.1, -0.05) is 42.5 Å². The van der Waals surface area contributed by atoms with Crippen LogP contribution in [-0.2, 0) is 15.1 Å². The Labute approximate surface area is 323 Å². The highest BCUT2D eigenvalue weighted by Crippen LogP contribution is 2.49. The van der Waals surface area contributed by atoms with Crippen LogP contribution in [0.5, 0.6) is 0 Å². The number of aromatic nitrogens is 2. The second-order valence-corrected chi connectivity index (χ2v) is 15.5. The van der Waals surface area contributed by atoms with Gasteiger partial charge in [0, 0.05) is 80.0 Å². The van der Waals surface area contributed by atoms with Crippen LogP contribution in [0.4, 0.5) is 16.4 Å². The number of rotatable bonds is 8. The summed E-state index contributed by atoms with van der Waals surface area (Å²) in [6, 6.07) is 18.1. The van der Waals surface area contributed by atoms with Crippen molar-refractivity contribution in [1.82, 2.24) is 36.1 Å². The summed E-state index contributed by atoms with van der Waals surface area (Å²) >= 11 is 0. The molecule has 3 aromatic carbocycles. The van der Waals surface area contributed by atoms with E-state index in [2.05, 4.69) is 49.7 Å². The molecule has 15 heteroatoms. The van der Waals surface area contributed by atoms with Crippen molar-refractivity contribution in [3.63, 3.8) is 0 Å². The zero-order valence-electron chi connectivity index (χ0n) is 30.8. The van der Waals surface area contributed by atoms with Crippen LogP contribution in [-0.4, -0.2) is 89.3 Å². The highest BCUT2D eigenvalue weighted by atomic mass is 16.2. The minimum atomic E-state index is -1.02. The fourth-order valence-corrected chi connectivity index (χ4v) is 9.33. The summed E-state index contributed by atoms with van der Waals surface area (Å²) in [5, 5.41) is 17.1. The molecule has 3 unspecified atom stereocenters. The minimum Gasteiger partial charge on any atom is -0.368 e. The van der Waals surface area contributed by atoms with E-state index in [1.807, 2.05) is 36.5 Å². The normalized spacial score (nSPS) is 26.4. The van der Waals surface area contributed by atoms with Gasteiger partial charge in [0.25, 0.3) is 11.8 Å². The van der Waals surface area contributed by atoms with Crippen molar-refractivity contribution >= 4 is 52.2 Å². The minimum absolute atomic E-state index is 0.0400. The number of para-hydroxylation sites is 2. The molecule has 6 amide bonds. The van der Waals surface area contributed by atoms with E-state index in [1.54, 1.807) is 12.1 Å². The number of primary amides is 1. The maximum Gasteiger partial charge on any atom is 0.312 e. The second-order valence-electron chi connectivity index (χ2n) is 15.5. The Hall–Kier alpha value is -5.93. The standard InChI is InChI=1S/C41H44N10O5/c42-39(56)46-25-12-14-41(15-13-25,49-40-45-21-24-4-1-2-7-31(24)47-40)30-6-3-5-26(35(30)50-18-16-43-17-19-50)29-22-44-34(29)23-8-9-27-28(20-23)38(55)51(37(27)54)32-10-11-33(52)48-36(32)53/h1-9,20-21,25,29,32,34,43-44H,10-19,22H2,(H3,42,46,56)(H,45,47,49)(H,48,52,53). The van der Waals surface area contributed by atoms with E-state index in [9.17, 15) is 24.0 Å². The molecule has 15 nitrogen and oxygen atoms in total. The predicted octanol–water partition coefficient (Wildman–Crippen LogP) is 2.79. The van der Waals surface area contributed by atoms with Gasteiger partial charge in [-0.25, -0.2) is 14.8 Å². The van der Waals surface area contributed by atoms with Gasteiger partial charge in [-0.05, 0) is 61.4 Å². The number of hydrogen-bond donors (Lipinski definition) is 6. The third kappa shape index (κ3) is 6.30. The van der Waals surface area contributed by atoms with E-state index in [4.69, 9.17) is 15.7 Å². The van der Waals surface area contributed by atoms with Crippen LogP contribution in [0.1, 0.15) is 87.9 Å². The highest BCUT2D eigenvalue weighted by molar-refractivity contribution is 6.23. The van der Waals surface area contributed by atoms with E-state index < -0.39 is 41.2 Å². The number of piperidine rings is 1. The molecule has 7 N–H and O–H groups in total. The molecule has 0 bridgehead atoms. The molecule has 56 heavy (non-hydrogen) atoms. The topological polar surface area (TPSA) is 204 Å². The molecule has 1 saturated carbocycles. The summed E-state index contributed by atoms with van der Waals surface area (Å²) < 4.78 is 0. The van der Waals surface area contributed by atoms with Crippen LogP contribution >= 0.6 is 0 Å². The first-order valence-electron chi connectivity index (χ1n) is 19.4. The molecular weight excluding hydrogens is 713 g/mol. The van der Waals surface area contributed by atoms with E-state index in [-0.39, 0.29) is 42.0 Å². The van der Waals surface area contributed by atoms with Crippen molar-refractivity contribution < 1.29 is 24.0 Å². The summed E-state index contributed by atoms with van der Waals surface area (Å²) in [6.07, 6.45) is 4.83. The fraction of sp³-hybridized carbons (Fsp3) is 0.390. The number of nitrogens with one attached hydrogen (secondary N) is 5. The van der Waals surface area contributed by atoms with Crippen LogP contribution in [0, 0.1) is 0 Å². The number of hydrogen-bond acceptors (Lipinski definition) is 11. The largest absolute Gasteiger partial charge is 0.368 e. The Kier molecular flexibility index (Phi) is 9.12. The van der Waals surface area contributed by atoms with Crippen molar-refractivity contribution in [2.24, 2.45) is 5.73 Å². The monoisotopic (exact) mass is 756 g/mol. The Morgan fingerprint density at radius 1 is 0.911 bits per heavy atom. The molecule has 4 aliphatic heterocycles. The molecule has 5 heterocycles. The lowest BCUT2D eigenvalue weighted by Crippen LogP contribution is -2.54. The molecular formula is C41H44N10O5. The predicted molar refractivity (Wildman–Crippen MR) is 208 cm³/mol. The van der Waals surface area contributed by atoms with Gasteiger partial charge in [0.15, 0.2) is 0 Å². The first-order valence-corrected chi connectivity index (χ1v) is 19.4. The van der Waals surface area contributed by atoms with Crippen LogP contribution < -0.4 is 37.2 Å². The molecule has 5 aliphatic rings. The van der Waals surface area contributed by atoms with Gasteiger partial charge < -0.3 is 31.9 Å². The zero-order valence-corrected chi connectivity index (χ0v) is 30.8. The number of anilines is 2. The Morgan fingerprint density at radius 2 is 1.70 bits per heavy atom. The van der Waals surface area contributed by atoms with Crippen LogP contribution in [0.2, 0.25) is 0 Å². The Morgan fingerprint density at radius 3 is 2.45 bits per heavy atom. The lowest BCUT2D eigenvalue weighted by Gasteiger charge is -2.47. The molecule has 0 spiro atoms. The maximum absolute atomic E-state index is 13.7. The smallest absolute Gasteiger partial charge is 0.312 e.